The maximum absolute atomic E-state index is 4.23. The van der Waals surface area contributed by atoms with E-state index in [0.717, 1.165) is 30.9 Å². The van der Waals surface area contributed by atoms with Crippen molar-refractivity contribution in [2.24, 2.45) is 0 Å². The van der Waals surface area contributed by atoms with E-state index in [4.69, 9.17) is 0 Å². The van der Waals surface area contributed by atoms with Crippen molar-refractivity contribution in [3.8, 4) is 11.3 Å². The lowest BCUT2D eigenvalue weighted by Gasteiger charge is -2.06. The highest BCUT2D eigenvalue weighted by molar-refractivity contribution is 5.65. The zero-order valence-corrected chi connectivity index (χ0v) is 11.7. The summed E-state index contributed by atoms with van der Waals surface area (Å²) in [4.78, 5) is 0. The van der Waals surface area contributed by atoms with E-state index in [1.165, 1.54) is 24.0 Å². The number of unbranched alkanes of at least 4 members (excludes halogenated alkanes) is 1. The maximum Gasteiger partial charge on any atom is 0.116 e. The second-order valence-electron chi connectivity index (χ2n) is 4.81. The number of aromatic amines is 1. The molecule has 0 aliphatic heterocycles. The van der Waals surface area contributed by atoms with Gasteiger partial charge in [0.2, 0.25) is 0 Å². The van der Waals surface area contributed by atoms with Crippen molar-refractivity contribution < 1.29 is 0 Å². The third kappa shape index (κ3) is 3.64. The van der Waals surface area contributed by atoms with Crippen LogP contribution in [0, 0.1) is 6.92 Å². The molecule has 4 nitrogen and oxygen atoms in total. The molecule has 2 aromatic rings. The number of aryl methyl sites for hydroxylation is 1. The number of hydrogen-bond acceptors (Lipinski definition) is 3. The molecule has 0 amide bonds. The first-order valence-corrected chi connectivity index (χ1v) is 6.99. The Morgan fingerprint density at radius 2 is 2.05 bits per heavy atom. The molecule has 0 unspecified atom stereocenters. The minimum Gasteiger partial charge on any atom is -0.316 e. The smallest absolute Gasteiger partial charge is 0.116 e. The minimum atomic E-state index is 0.931. The fraction of sp³-hybridized carbons (Fsp3) is 0.467. The van der Waals surface area contributed by atoms with Crippen molar-refractivity contribution in [3.63, 3.8) is 0 Å². The first kappa shape index (κ1) is 13.7. The van der Waals surface area contributed by atoms with Crippen molar-refractivity contribution in [1.29, 1.82) is 0 Å². The highest BCUT2D eigenvalue weighted by Gasteiger charge is 2.10. The molecule has 19 heavy (non-hydrogen) atoms. The molecule has 0 aliphatic carbocycles. The van der Waals surface area contributed by atoms with Crippen LogP contribution in [0.1, 0.15) is 31.0 Å². The minimum absolute atomic E-state index is 0.931. The number of nitrogens with zero attached hydrogens (tertiary/aromatic N) is 2. The summed E-state index contributed by atoms with van der Waals surface area (Å²) in [5.41, 5.74) is 4.49. The topological polar surface area (TPSA) is 53.6 Å². The van der Waals surface area contributed by atoms with E-state index in [0.29, 0.717) is 0 Å². The number of rotatable bonds is 7. The normalized spacial score (nSPS) is 10.8. The van der Waals surface area contributed by atoms with E-state index in [9.17, 15) is 0 Å². The first-order chi connectivity index (χ1) is 9.33. The van der Waals surface area contributed by atoms with Gasteiger partial charge < -0.3 is 5.32 Å². The fourth-order valence-corrected chi connectivity index (χ4v) is 2.12. The Kier molecular flexibility index (Phi) is 5.10. The van der Waals surface area contributed by atoms with Crippen molar-refractivity contribution >= 4 is 0 Å². The Morgan fingerprint density at radius 1 is 1.21 bits per heavy atom. The number of aromatic nitrogens is 3. The van der Waals surface area contributed by atoms with Crippen LogP contribution in [0.5, 0.6) is 0 Å². The Bertz CT molecular complexity index is 504. The predicted octanol–water partition coefficient (Wildman–Crippen LogP) is 2.71. The first-order valence-electron chi connectivity index (χ1n) is 6.99. The van der Waals surface area contributed by atoms with Gasteiger partial charge in [0.05, 0.1) is 5.69 Å². The highest BCUT2D eigenvalue weighted by atomic mass is 15.3. The number of H-pyrrole nitrogens is 1. The lowest BCUT2D eigenvalue weighted by molar-refractivity contribution is 0.636. The van der Waals surface area contributed by atoms with E-state index >= 15 is 0 Å². The lowest BCUT2D eigenvalue weighted by atomic mass is 10.0. The van der Waals surface area contributed by atoms with E-state index in [1.54, 1.807) is 0 Å². The number of benzene rings is 1. The van der Waals surface area contributed by atoms with Gasteiger partial charge in [-0.2, -0.15) is 0 Å². The molecule has 0 bridgehead atoms. The van der Waals surface area contributed by atoms with Crippen molar-refractivity contribution in [2.45, 2.75) is 33.1 Å². The van der Waals surface area contributed by atoms with E-state index < -0.39 is 0 Å². The van der Waals surface area contributed by atoms with E-state index in [1.807, 2.05) is 12.1 Å². The molecular formula is C15H22N4. The van der Waals surface area contributed by atoms with Gasteiger partial charge in [-0.1, -0.05) is 42.8 Å². The van der Waals surface area contributed by atoms with Gasteiger partial charge in [-0.05, 0) is 25.5 Å². The predicted molar refractivity (Wildman–Crippen MR) is 78.0 cm³/mol. The average Bonchev–Trinajstić information content (AvgIpc) is 2.87. The van der Waals surface area contributed by atoms with Crippen molar-refractivity contribution in [1.82, 2.24) is 20.7 Å². The van der Waals surface area contributed by atoms with E-state index in [-0.39, 0.29) is 0 Å². The summed E-state index contributed by atoms with van der Waals surface area (Å²) in [6.07, 6.45) is 3.39. The van der Waals surface area contributed by atoms with Gasteiger partial charge in [0.25, 0.3) is 0 Å². The largest absolute Gasteiger partial charge is 0.316 e. The van der Waals surface area contributed by atoms with Crippen LogP contribution in [0.3, 0.4) is 0 Å². The van der Waals surface area contributed by atoms with Gasteiger partial charge in [0.1, 0.15) is 5.69 Å². The van der Waals surface area contributed by atoms with Crippen LogP contribution in [0.15, 0.2) is 24.3 Å². The third-order valence-corrected chi connectivity index (χ3v) is 3.28. The van der Waals surface area contributed by atoms with Crippen LogP contribution < -0.4 is 5.32 Å². The molecule has 0 saturated heterocycles. The number of hydrogen-bond donors (Lipinski definition) is 2. The molecule has 0 radical (unpaired) electrons. The van der Waals surface area contributed by atoms with E-state index in [2.05, 4.69) is 46.7 Å². The number of nitrogens with one attached hydrogen (secondary N) is 2. The molecule has 0 saturated carbocycles. The fourth-order valence-electron chi connectivity index (χ4n) is 2.12. The second-order valence-corrected chi connectivity index (χ2v) is 4.81. The summed E-state index contributed by atoms with van der Waals surface area (Å²) in [6.45, 7) is 6.35. The molecule has 102 valence electrons. The molecular weight excluding hydrogens is 236 g/mol. The molecule has 0 spiro atoms. The average molecular weight is 258 g/mol. The molecule has 4 heteroatoms. The highest BCUT2D eigenvalue weighted by Crippen LogP contribution is 2.23. The van der Waals surface area contributed by atoms with Crippen molar-refractivity contribution in [3.05, 3.63) is 35.5 Å². The summed E-state index contributed by atoms with van der Waals surface area (Å²) in [5, 5.41) is 14.6. The summed E-state index contributed by atoms with van der Waals surface area (Å²) >= 11 is 0. The lowest BCUT2D eigenvalue weighted by Crippen LogP contribution is -2.18. The van der Waals surface area contributed by atoms with Crippen LogP contribution in [-0.2, 0) is 6.42 Å². The quantitative estimate of drug-likeness (QED) is 0.751. The van der Waals surface area contributed by atoms with Crippen LogP contribution in [0.2, 0.25) is 0 Å². The Morgan fingerprint density at radius 3 is 2.84 bits per heavy atom. The van der Waals surface area contributed by atoms with Crippen LogP contribution in [0.4, 0.5) is 0 Å². The Hall–Kier alpha value is -1.68. The van der Waals surface area contributed by atoms with Gasteiger partial charge in [-0.15, -0.1) is 5.10 Å². The molecule has 1 heterocycles. The monoisotopic (exact) mass is 258 g/mol. The van der Waals surface area contributed by atoms with Gasteiger partial charge in [0, 0.05) is 18.5 Å². The third-order valence-electron chi connectivity index (χ3n) is 3.28. The SMILES string of the molecule is CCCCNCCc1[nH]nnc1-c1ccccc1C. The van der Waals surface area contributed by atoms with Gasteiger partial charge in [-0.3, -0.25) is 5.10 Å². The Balaban J connectivity index is 2.00. The molecule has 2 N–H and O–H groups in total. The van der Waals surface area contributed by atoms with Gasteiger partial charge >= 0.3 is 0 Å². The molecule has 1 aromatic carbocycles. The zero-order valence-electron chi connectivity index (χ0n) is 11.7. The summed E-state index contributed by atoms with van der Waals surface area (Å²) in [7, 11) is 0. The van der Waals surface area contributed by atoms with Crippen molar-refractivity contribution in [2.75, 3.05) is 13.1 Å². The Labute approximate surface area is 114 Å². The van der Waals surface area contributed by atoms with Gasteiger partial charge in [0.15, 0.2) is 0 Å². The molecule has 1 aromatic heterocycles. The summed E-state index contributed by atoms with van der Waals surface area (Å²) in [6, 6.07) is 8.29. The van der Waals surface area contributed by atoms with Gasteiger partial charge in [-0.25, -0.2) is 0 Å². The van der Waals surface area contributed by atoms with Crippen LogP contribution >= 0.6 is 0 Å². The second kappa shape index (κ2) is 7.04. The summed E-state index contributed by atoms with van der Waals surface area (Å²) < 4.78 is 0. The zero-order chi connectivity index (χ0) is 13.5. The standard InChI is InChI=1S/C15H22N4/c1-3-4-10-16-11-9-14-15(18-19-17-14)13-8-6-5-7-12(13)2/h5-8,16H,3-4,9-11H2,1-2H3,(H,17,18,19). The molecule has 0 fully saturated rings. The summed E-state index contributed by atoms with van der Waals surface area (Å²) in [5.74, 6) is 0. The molecule has 2 rings (SSSR count). The van der Waals surface area contributed by atoms with Crippen LogP contribution in [-0.4, -0.2) is 28.5 Å². The molecule has 0 aliphatic rings. The van der Waals surface area contributed by atoms with Crippen LogP contribution in [0.25, 0.3) is 11.3 Å². The maximum atomic E-state index is 4.23. The molecule has 0 atom stereocenters.